The fourth-order valence-electron chi connectivity index (χ4n) is 0.712. The number of hydrogen-bond donors (Lipinski definition) is 0. The van der Waals surface area contributed by atoms with Crippen molar-refractivity contribution in [1.82, 2.24) is 9.97 Å². The molecule has 0 aliphatic heterocycles. The van der Waals surface area contributed by atoms with Gasteiger partial charge in [0.1, 0.15) is 5.52 Å². The summed E-state index contributed by atoms with van der Waals surface area (Å²) in [5.74, 6) is 0. The SMILES string of the molecule is [2H]c1nc2c([2H])c([2H])c([2H])c(Br)c2nc1[2H]. The average molecular weight is 214 g/mol. The van der Waals surface area contributed by atoms with Crippen molar-refractivity contribution >= 4 is 27.0 Å². The van der Waals surface area contributed by atoms with Crippen LogP contribution in [0.15, 0.2) is 34.9 Å². The molecule has 2 rings (SSSR count). The Kier molecular flexibility index (Phi) is 0.749. The fraction of sp³-hybridized carbons (Fsp3) is 0. The number of rotatable bonds is 0. The number of aromatic nitrogens is 2. The highest BCUT2D eigenvalue weighted by molar-refractivity contribution is 9.10. The zero-order chi connectivity index (χ0) is 12.0. The minimum atomic E-state index is -0.343. The summed E-state index contributed by atoms with van der Waals surface area (Å²) < 4.78 is 37.6. The van der Waals surface area contributed by atoms with Crippen molar-refractivity contribution in [2.24, 2.45) is 0 Å². The number of benzene rings is 1. The molecule has 0 amide bonds. The lowest BCUT2D eigenvalue weighted by Gasteiger charge is -1.95. The van der Waals surface area contributed by atoms with Crippen LogP contribution in [0.1, 0.15) is 6.85 Å². The minimum Gasteiger partial charge on any atom is -0.253 e. The van der Waals surface area contributed by atoms with Crippen molar-refractivity contribution < 1.29 is 6.85 Å². The highest BCUT2D eigenvalue weighted by atomic mass is 79.9. The first-order chi connectivity index (χ1) is 7.43. The second-order valence-electron chi connectivity index (χ2n) is 1.83. The molecule has 0 N–H and O–H groups in total. The molecule has 2 nitrogen and oxygen atoms in total. The standard InChI is InChI=1S/C8H5BrN2/c9-6-2-1-3-7-8(6)11-5-4-10-7/h1-5H/i1D,2D,3D,4D,5D. The van der Waals surface area contributed by atoms with Gasteiger partial charge >= 0.3 is 0 Å². The molecule has 0 aliphatic rings. The van der Waals surface area contributed by atoms with Crippen LogP contribution in [0.4, 0.5) is 0 Å². The quantitative estimate of drug-likeness (QED) is 0.672. The number of para-hydroxylation sites is 1. The predicted molar refractivity (Wildman–Crippen MR) is 47.2 cm³/mol. The molecule has 0 bridgehead atoms. The maximum atomic E-state index is 7.62. The number of halogens is 1. The summed E-state index contributed by atoms with van der Waals surface area (Å²) in [6.07, 6.45) is -0.658. The molecule has 0 aliphatic carbocycles. The largest absolute Gasteiger partial charge is 0.253 e. The molecule has 0 spiro atoms. The van der Waals surface area contributed by atoms with E-state index in [0.29, 0.717) is 0 Å². The summed E-state index contributed by atoms with van der Waals surface area (Å²) in [6.45, 7) is 0. The van der Waals surface area contributed by atoms with Crippen LogP contribution in [-0.2, 0) is 0 Å². The van der Waals surface area contributed by atoms with Gasteiger partial charge in [0.05, 0.1) is 12.4 Å². The molecule has 0 saturated heterocycles. The Hall–Kier alpha value is -0.960. The molecule has 1 heterocycles. The number of hydrogen-bond acceptors (Lipinski definition) is 2. The Labute approximate surface area is 79.4 Å². The molecular weight excluding hydrogens is 204 g/mol. The normalized spacial score (nSPS) is 16.6. The third kappa shape index (κ3) is 1.12. The van der Waals surface area contributed by atoms with Crippen LogP contribution >= 0.6 is 15.9 Å². The number of fused-ring (bicyclic) bond motifs is 1. The summed E-state index contributed by atoms with van der Waals surface area (Å²) in [6, 6.07) is -0.682. The van der Waals surface area contributed by atoms with E-state index in [1.54, 1.807) is 0 Å². The topological polar surface area (TPSA) is 25.8 Å². The van der Waals surface area contributed by atoms with Gasteiger partial charge in [0.25, 0.3) is 0 Å². The van der Waals surface area contributed by atoms with Crippen LogP contribution in [0.3, 0.4) is 0 Å². The Balaban J connectivity index is 3.02. The van der Waals surface area contributed by atoms with Crippen molar-refractivity contribution in [2.75, 3.05) is 0 Å². The summed E-state index contributed by atoms with van der Waals surface area (Å²) in [7, 11) is 0. The molecule has 0 unspecified atom stereocenters. The summed E-state index contributed by atoms with van der Waals surface area (Å²) in [5.41, 5.74) is 0.237. The summed E-state index contributed by atoms with van der Waals surface area (Å²) >= 11 is 3.09. The van der Waals surface area contributed by atoms with E-state index in [2.05, 4.69) is 25.9 Å². The Morgan fingerprint density at radius 3 is 3.00 bits per heavy atom. The zero-order valence-electron chi connectivity index (χ0n) is 10.3. The third-order valence-electron chi connectivity index (χ3n) is 1.17. The van der Waals surface area contributed by atoms with Gasteiger partial charge in [0.15, 0.2) is 0 Å². The first kappa shape index (κ1) is 3.19. The van der Waals surface area contributed by atoms with Crippen LogP contribution < -0.4 is 0 Å². The van der Waals surface area contributed by atoms with E-state index in [9.17, 15) is 0 Å². The van der Waals surface area contributed by atoms with Crippen LogP contribution in [-0.4, -0.2) is 9.97 Å². The maximum Gasteiger partial charge on any atom is 0.103 e. The maximum absolute atomic E-state index is 7.62. The second kappa shape index (κ2) is 2.58. The van der Waals surface area contributed by atoms with E-state index in [0.717, 1.165) is 0 Å². The van der Waals surface area contributed by atoms with Crippen molar-refractivity contribution in [3.63, 3.8) is 0 Å². The monoisotopic (exact) mass is 213 g/mol. The highest BCUT2D eigenvalue weighted by Gasteiger charge is 1.96. The molecule has 0 atom stereocenters. The van der Waals surface area contributed by atoms with E-state index < -0.39 is 0 Å². The van der Waals surface area contributed by atoms with Gasteiger partial charge in [-0.1, -0.05) is 6.04 Å². The molecule has 0 saturated carbocycles. The van der Waals surface area contributed by atoms with Gasteiger partial charge in [0.2, 0.25) is 0 Å². The molecule has 1 aromatic heterocycles. The lowest BCUT2D eigenvalue weighted by Crippen LogP contribution is -1.81. The summed E-state index contributed by atoms with van der Waals surface area (Å²) in [5, 5.41) is 0. The first-order valence-corrected chi connectivity index (χ1v) is 3.63. The molecule has 2 aromatic rings. The second-order valence-corrected chi connectivity index (χ2v) is 2.63. The molecule has 0 radical (unpaired) electrons. The first-order valence-electron chi connectivity index (χ1n) is 5.33. The highest BCUT2D eigenvalue weighted by Crippen LogP contribution is 2.18. The van der Waals surface area contributed by atoms with Gasteiger partial charge in [-0.3, -0.25) is 9.97 Å². The predicted octanol–water partition coefficient (Wildman–Crippen LogP) is 2.39. The van der Waals surface area contributed by atoms with Gasteiger partial charge in [-0.25, -0.2) is 0 Å². The van der Waals surface area contributed by atoms with Crippen molar-refractivity contribution in [2.45, 2.75) is 0 Å². The van der Waals surface area contributed by atoms with Crippen molar-refractivity contribution in [3.8, 4) is 0 Å². The van der Waals surface area contributed by atoms with Crippen molar-refractivity contribution in [1.29, 1.82) is 0 Å². The van der Waals surface area contributed by atoms with Gasteiger partial charge < -0.3 is 0 Å². The molecular formula is C8H5BrN2. The molecule has 1 aromatic carbocycles. The molecule has 54 valence electrons. The molecule has 3 heteroatoms. The van der Waals surface area contributed by atoms with E-state index in [4.69, 9.17) is 6.85 Å². The van der Waals surface area contributed by atoms with E-state index >= 15 is 0 Å². The van der Waals surface area contributed by atoms with E-state index in [1.165, 1.54) is 0 Å². The van der Waals surface area contributed by atoms with Crippen LogP contribution in [0, 0.1) is 0 Å². The smallest absolute Gasteiger partial charge is 0.103 e. The zero-order valence-corrected chi connectivity index (χ0v) is 6.86. The Morgan fingerprint density at radius 1 is 1.27 bits per heavy atom. The van der Waals surface area contributed by atoms with Crippen LogP contribution in [0.25, 0.3) is 11.0 Å². The van der Waals surface area contributed by atoms with Gasteiger partial charge in [-0.2, -0.15) is 0 Å². The van der Waals surface area contributed by atoms with E-state index in [-0.39, 0.29) is 46.0 Å². The Morgan fingerprint density at radius 2 is 2.09 bits per heavy atom. The van der Waals surface area contributed by atoms with Gasteiger partial charge in [-0.15, -0.1) is 0 Å². The average Bonchev–Trinajstić information content (AvgIpc) is 2.26. The van der Waals surface area contributed by atoms with E-state index in [1.807, 2.05) is 0 Å². The van der Waals surface area contributed by atoms with Gasteiger partial charge in [0, 0.05) is 16.8 Å². The molecule has 11 heavy (non-hydrogen) atoms. The summed E-state index contributed by atoms with van der Waals surface area (Å²) in [4.78, 5) is 7.52. The minimum absolute atomic E-state index is 0.0638. The fourth-order valence-corrected chi connectivity index (χ4v) is 1.09. The van der Waals surface area contributed by atoms with Crippen molar-refractivity contribution in [3.05, 3.63) is 34.9 Å². The van der Waals surface area contributed by atoms with Crippen LogP contribution in [0.5, 0.6) is 0 Å². The Bertz CT molecular complexity index is 548. The lowest BCUT2D eigenvalue weighted by atomic mass is 10.3. The van der Waals surface area contributed by atoms with Gasteiger partial charge in [-0.05, 0) is 28.0 Å². The number of nitrogens with zero attached hydrogens (tertiary/aromatic N) is 2. The third-order valence-corrected chi connectivity index (χ3v) is 1.74. The lowest BCUT2D eigenvalue weighted by molar-refractivity contribution is 1.29. The van der Waals surface area contributed by atoms with Crippen LogP contribution in [0.2, 0.25) is 0 Å². The molecule has 0 fully saturated rings.